The summed E-state index contributed by atoms with van der Waals surface area (Å²) in [6, 6.07) is 5.00. The Hall–Kier alpha value is -2.63. The fourth-order valence-electron chi connectivity index (χ4n) is 1.96. The number of ether oxygens (including phenoxy) is 2. The molecule has 0 amide bonds. The van der Waals surface area contributed by atoms with E-state index >= 15 is 0 Å². The average Bonchev–Trinajstić information content (AvgIpc) is 2.44. The minimum atomic E-state index is -0.595. The molecule has 0 spiro atoms. The number of methoxy groups -OCH3 is 1. The fourth-order valence-corrected chi connectivity index (χ4v) is 1.96. The number of nitrogens with zero attached hydrogens (tertiary/aromatic N) is 1. The van der Waals surface area contributed by atoms with E-state index in [2.05, 4.69) is 9.84 Å². The second-order valence-electron chi connectivity index (χ2n) is 5.93. The van der Waals surface area contributed by atoms with E-state index in [0.29, 0.717) is 11.1 Å². The number of hydrogen-bond acceptors (Lipinski definition) is 6. The average molecular weight is 318 g/mol. The maximum absolute atomic E-state index is 12.0. The summed E-state index contributed by atoms with van der Waals surface area (Å²) in [7, 11) is 1.32. The van der Waals surface area contributed by atoms with Crippen LogP contribution in [-0.2, 0) is 14.3 Å². The summed E-state index contributed by atoms with van der Waals surface area (Å²) in [5.41, 5.74) is 1.83. The molecule has 0 unspecified atom stereocenters. The van der Waals surface area contributed by atoms with Crippen LogP contribution >= 0.6 is 0 Å². The highest BCUT2D eigenvalue weighted by Gasteiger charge is 2.16. The molecular weight excluding hydrogens is 296 g/mol. The van der Waals surface area contributed by atoms with Crippen molar-refractivity contribution in [3.05, 3.63) is 41.0 Å². The van der Waals surface area contributed by atoms with Gasteiger partial charge in [0, 0.05) is 11.6 Å². The molecular formula is C17H22N2O4. The van der Waals surface area contributed by atoms with Gasteiger partial charge in [-0.2, -0.15) is 5.10 Å². The summed E-state index contributed by atoms with van der Waals surface area (Å²) in [6.07, 6.45) is 2.69. The molecule has 0 aliphatic heterocycles. The normalized spacial score (nSPS) is 12.3. The van der Waals surface area contributed by atoms with Crippen molar-refractivity contribution in [3.8, 4) is 0 Å². The Morgan fingerprint density at radius 1 is 1.26 bits per heavy atom. The highest BCUT2D eigenvalue weighted by molar-refractivity contribution is 6.15. The molecule has 1 aromatic carbocycles. The van der Waals surface area contributed by atoms with Crippen molar-refractivity contribution in [1.82, 2.24) is 0 Å². The van der Waals surface area contributed by atoms with E-state index in [4.69, 9.17) is 10.6 Å². The molecule has 0 saturated heterocycles. The predicted molar refractivity (Wildman–Crippen MR) is 89.0 cm³/mol. The first-order chi connectivity index (χ1) is 10.7. The third-order valence-electron chi connectivity index (χ3n) is 2.85. The molecule has 2 N–H and O–H groups in total. The van der Waals surface area contributed by atoms with Gasteiger partial charge in [0.2, 0.25) is 0 Å². The largest absolute Gasteiger partial charge is 0.465 e. The lowest BCUT2D eigenvalue weighted by Gasteiger charge is -2.18. The van der Waals surface area contributed by atoms with Crippen molar-refractivity contribution in [2.75, 3.05) is 7.11 Å². The maximum atomic E-state index is 12.0. The molecule has 0 bridgehead atoms. The number of esters is 2. The Morgan fingerprint density at radius 3 is 2.39 bits per heavy atom. The van der Waals surface area contributed by atoms with E-state index in [-0.39, 0.29) is 0 Å². The van der Waals surface area contributed by atoms with Crippen molar-refractivity contribution < 1.29 is 19.1 Å². The quantitative estimate of drug-likeness (QED) is 0.303. The molecule has 124 valence electrons. The molecule has 0 saturated carbocycles. The highest BCUT2D eigenvalue weighted by atomic mass is 16.6. The van der Waals surface area contributed by atoms with Gasteiger partial charge in [-0.1, -0.05) is 6.07 Å². The molecule has 0 atom stereocenters. The summed E-state index contributed by atoms with van der Waals surface area (Å²) in [4.78, 5) is 23.5. The van der Waals surface area contributed by atoms with Crippen LogP contribution in [0.15, 0.2) is 29.4 Å². The summed E-state index contributed by atoms with van der Waals surface area (Å²) in [5, 5.41) is 3.48. The minimum absolute atomic E-state index is 0.426. The van der Waals surface area contributed by atoms with E-state index in [1.807, 2.05) is 6.92 Å². The van der Waals surface area contributed by atoms with Crippen LogP contribution < -0.4 is 5.84 Å². The maximum Gasteiger partial charge on any atom is 0.337 e. The minimum Gasteiger partial charge on any atom is -0.465 e. The van der Waals surface area contributed by atoms with Gasteiger partial charge >= 0.3 is 11.9 Å². The first-order valence-corrected chi connectivity index (χ1v) is 7.05. The third kappa shape index (κ3) is 5.58. The molecule has 0 aromatic heterocycles. The lowest BCUT2D eigenvalue weighted by atomic mass is 9.98. The van der Waals surface area contributed by atoms with Crippen LogP contribution in [0, 0.1) is 6.92 Å². The van der Waals surface area contributed by atoms with E-state index in [9.17, 15) is 9.59 Å². The third-order valence-corrected chi connectivity index (χ3v) is 2.85. The van der Waals surface area contributed by atoms with E-state index in [1.165, 1.54) is 19.4 Å². The number of carbonyl (C=O) groups is 2. The number of hydrogen-bond donors (Lipinski definition) is 1. The summed E-state index contributed by atoms with van der Waals surface area (Å²) < 4.78 is 9.95. The van der Waals surface area contributed by atoms with Gasteiger partial charge in [0.25, 0.3) is 0 Å². The number of rotatable bonds is 4. The second-order valence-corrected chi connectivity index (χ2v) is 5.93. The van der Waals surface area contributed by atoms with E-state index in [1.54, 1.807) is 39.0 Å². The topological polar surface area (TPSA) is 91.0 Å². The number of carbonyl (C=O) groups excluding carboxylic acids is 2. The summed E-state index contributed by atoms with van der Waals surface area (Å²) in [5.74, 6) is 4.30. The number of allylic oxidation sites excluding steroid dienone is 1. The van der Waals surface area contributed by atoms with Crippen LogP contribution in [0.4, 0.5) is 0 Å². The highest BCUT2D eigenvalue weighted by Crippen LogP contribution is 2.20. The molecule has 0 aliphatic rings. The van der Waals surface area contributed by atoms with Crippen LogP contribution in [0.2, 0.25) is 0 Å². The van der Waals surface area contributed by atoms with Crippen molar-refractivity contribution in [2.45, 2.75) is 33.3 Å². The smallest absolute Gasteiger partial charge is 0.337 e. The predicted octanol–water partition coefficient (Wildman–Crippen LogP) is 2.45. The Labute approximate surface area is 136 Å². The number of benzene rings is 1. The fraction of sp³-hybridized carbons (Fsp3) is 0.353. The van der Waals surface area contributed by atoms with Crippen LogP contribution in [-0.4, -0.2) is 30.9 Å². The van der Waals surface area contributed by atoms with Gasteiger partial charge in [0.05, 0.1) is 18.9 Å². The van der Waals surface area contributed by atoms with Gasteiger partial charge in [-0.05, 0) is 51.0 Å². The van der Waals surface area contributed by atoms with Gasteiger partial charge in [-0.15, -0.1) is 0 Å². The van der Waals surface area contributed by atoms with Crippen molar-refractivity contribution >= 4 is 23.7 Å². The Balaban J connectivity index is 3.21. The van der Waals surface area contributed by atoms with E-state index < -0.39 is 17.5 Å². The molecule has 6 nitrogen and oxygen atoms in total. The zero-order valence-corrected chi connectivity index (χ0v) is 14.0. The monoisotopic (exact) mass is 318 g/mol. The standard InChI is InChI=1S/C17H22N2O4/c1-11-8-12(16(21)22-5)6-7-14(11)13(10-19-18)9-15(20)23-17(2,3)4/h6-10H,18H2,1-5H3/b13-9+,19-10-. The Kier molecular flexibility index (Phi) is 6.07. The Bertz CT molecular complexity index is 655. The van der Waals surface area contributed by atoms with Crippen molar-refractivity contribution in [2.24, 2.45) is 10.9 Å². The molecule has 0 heterocycles. The van der Waals surface area contributed by atoms with Gasteiger partial charge in [-0.25, -0.2) is 9.59 Å². The van der Waals surface area contributed by atoms with E-state index in [0.717, 1.165) is 11.1 Å². The zero-order chi connectivity index (χ0) is 17.6. The lowest BCUT2D eigenvalue weighted by Crippen LogP contribution is -2.22. The first-order valence-electron chi connectivity index (χ1n) is 7.05. The molecule has 0 fully saturated rings. The van der Waals surface area contributed by atoms with Gasteiger partial charge in [0.15, 0.2) is 0 Å². The summed E-state index contributed by atoms with van der Waals surface area (Å²) >= 11 is 0. The van der Waals surface area contributed by atoms with Crippen LogP contribution in [0.1, 0.15) is 42.3 Å². The molecule has 1 rings (SSSR count). The Morgan fingerprint density at radius 2 is 1.91 bits per heavy atom. The number of hydrazone groups is 1. The number of aryl methyl sites for hydroxylation is 1. The second kappa shape index (κ2) is 7.58. The van der Waals surface area contributed by atoms with Gasteiger partial charge in [0.1, 0.15) is 5.60 Å². The van der Waals surface area contributed by atoms with Gasteiger partial charge < -0.3 is 15.3 Å². The molecule has 0 aliphatic carbocycles. The molecule has 6 heteroatoms. The first kappa shape index (κ1) is 18.4. The van der Waals surface area contributed by atoms with Gasteiger partial charge in [-0.3, -0.25) is 0 Å². The van der Waals surface area contributed by atoms with Crippen molar-refractivity contribution in [1.29, 1.82) is 0 Å². The molecule has 1 aromatic rings. The van der Waals surface area contributed by atoms with Crippen LogP contribution in [0.25, 0.3) is 5.57 Å². The van der Waals surface area contributed by atoms with Crippen molar-refractivity contribution in [3.63, 3.8) is 0 Å². The molecule has 0 radical (unpaired) electrons. The summed E-state index contributed by atoms with van der Waals surface area (Å²) in [6.45, 7) is 7.17. The lowest BCUT2D eigenvalue weighted by molar-refractivity contribution is -0.148. The zero-order valence-electron chi connectivity index (χ0n) is 14.0. The SMILES string of the molecule is COC(=O)c1ccc(C(/C=N\N)=C/C(=O)OC(C)(C)C)c(C)c1. The van der Waals surface area contributed by atoms with Crippen LogP contribution in [0.3, 0.4) is 0 Å². The number of nitrogens with two attached hydrogens (primary N) is 1. The van der Waals surface area contributed by atoms with Crippen LogP contribution in [0.5, 0.6) is 0 Å². The molecule has 23 heavy (non-hydrogen) atoms.